The Morgan fingerprint density at radius 2 is 1.79 bits per heavy atom. The Balaban J connectivity index is 1.51. The van der Waals surface area contributed by atoms with Crippen molar-refractivity contribution in [3.8, 4) is 0 Å². The third kappa shape index (κ3) is 4.92. The van der Waals surface area contributed by atoms with Crippen LogP contribution in [0.2, 0.25) is 0 Å². The number of thiol groups is 1. The van der Waals surface area contributed by atoms with Crippen molar-refractivity contribution in [2.24, 2.45) is 0 Å². The highest BCUT2D eigenvalue weighted by Crippen LogP contribution is 2.31. The number of carboxylic acids is 1. The van der Waals surface area contributed by atoms with Crippen molar-refractivity contribution in [2.75, 3.05) is 0 Å². The zero-order chi connectivity index (χ0) is 24.3. The number of carbonyl (C=O) groups is 3. The van der Waals surface area contributed by atoms with Crippen LogP contribution in [0.4, 0.5) is 0 Å². The first-order chi connectivity index (χ1) is 16.3. The molecule has 2 atom stereocenters. The SMILES string of the molecule is CCC[C@H](S)C(=O)NC1(C(=O)N[C@@H](Cc2ccc3c(c2)oc2ccccc23)C(=O)O)CCCC1. The molecule has 1 fully saturated rings. The van der Waals surface area contributed by atoms with E-state index in [2.05, 4.69) is 23.3 Å². The monoisotopic (exact) mass is 482 g/mol. The fraction of sp³-hybridized carbons (Fsp3) is 0.423. The molecular weight excluding hydrogens is 452 g/mol. The van der Waals surface area contributed by atoms with Gasteiger partial charge in [-0.1, -0.05) is 56.5 Å². The van der Waals surface area contributed by atoms with E-state index in [9.17, 15) is 19.5 Å². The standard InChI is InChI=1S/C26H30N2O5S/c1-2-7-22(34)23(29)28-26(12-5-6-13-26)25(32)27-19(24(30)31)14-16-10-11-18-17-8-3-4-9-20(17)33-21(18)15-16/h3-4,8-11,15,19,22,34H,2,5-7,12-14H2,1H3,(H,27,32)(H,28,29)(H,30,31)/t19-,22-/m0/s1. The van der Waals surface area contributed by atoms with Crippen molar-refractivity contribution in [3.05, 3.63) is 48.0 Å². The van der Waals surface area contributed by atoms with Crippen LogP contribution in [0.25, 0.3) is 21.9 Å². The zero-order valence-electron chi connectivity index (χ0n) is 19.2. The second-order valence-corrected chi connectivity index (χ2v) is 9.70. The molecule has 8 heteroatoms. The maximum absolute atomic E-state index is 13.3. The molecule has 4 rings (SSSR count). The van der Waals surface area contributed by atoms with Crippen LogP contribution in [0.3, 0.4) is 0 Å². The number of para-hydroxylation sites is 1. The van der Waals surface area contributed by atoms with Crippen LogP contribution in [0.15, 0.2) is 46.9 Å². The number of rotatable bonds is 9. The number of fused-ring (bicyclic) bond motifs is 3. The molecule has 0 aliphatic heterocycles. The summed E-state index contributed by atoms with van der Waals surface area (Å²) in [6, 6.07) is 12.2. The van der Waals surface area contributed by atoms with Gasteiger partial charge in [-0.2, -0.15) is 12.6 Å². The molecule has 1 aliphatic carbocycles. The van der Waals surface area contributed by atoms with Crippen LogP contribution in [0.5, 0.6) is 0 Å². The third-order valence-electron chi connectivity index (χ3n) is 6.61. The average molecular weight is 483 g/mol. The van der Waals surface area contributed by atoms with Crippen molar-refractivity contribution in [1.29, 1.82) is 0 Å². The van der Waals surface area contributed by atoms with Gasteiger partial charge in [-0.05, 0) is 37.0 Å². The minimum Gasteiger partial charge on any atom is -0.480 e. The van der Waals surface area contributed by atoms with Crippen molar-refractivity contribution in [3.63, 3.8) is 0 Å². The molecule has 0 bridgehead atoms. The van der Waals surface area contributed by atoms with E-state index in [0.29, 0.717) is 24.8 Å². The summed E-state index contributed by atoms with van der Waals surface area (Å²) < 4.78 is 5.91. The largest absolute Gasteiger partial charge is 0.480 e. The Morgan fingerprint density at radius 1 is 1.09 bits per heavy atom. The molecule has 1 heterocycles. The Labute approximate surface area is 203 Å². The fourth-order valence-electron chi connectivity index (χ4n) is 4.74. The summed E-state index contributed by atoms with van der Waals surface area (Å²) in [4.78, 5) is 37.9. The van der Waals surface area contributed by atoms with Crippen LogP contribution in [-0.2, 0) is 20.8 Å². The van der Waals surface area contributed by atoms with Gasteiger partial charge in [-0.15, -0.1) is 0 Å². The smallest absolute Gasteiger partial charge is 0.326 e. The number of amides is 2. The Bertz CT molecular complexity index is 1210. The third-order valence-corrected chi connectivity index (χ3v) is 7.10. The molecule has 7 nitrogen and oxygen atoms in total. The van der Waals surface area contributed by atoms with Crippen LogP contribution >= 0.6 is 12.6 Å². The predicted octanol–water partition coefficient (Wildman–Crippen LogP) is 4.23. The van der Waals surface area contributed by atoms with E-state index in [1.807, 2.05) is 49.4 Å². The van der Waals surface area contributed by atoms with E-state index >= 15 is 0 Å². The molecule has 0 radical (unpaired) electrons. The maximum Gasteiger partial charge on any atom is 0.326 e. The van der Waals surface area contributed by atoms with Crippen LogP contribution in [-0.4, -0.2) is 39.7 Å². The number of hydrogen-bond acceptors (Lipinski definition) is 5. The van der Waals surface area contributed by atoms with Gasteiger partial charge in [0, 0.05) is 17.2 Å². The summed E-state index contributed by atoms with van der Waals surface area (Å²) in [5, 5.41) is 16.9. The number of carboxylic acid groups (broad SMARTS) is 1. The van der Waals surface area contributed by atoms with E-state index in [-0.39, 0.29) is 12.3 Å². The van der Waals surface area contributed by atoms with Crippen molar-refractivity contribution < 1.29 is 23.9 Å². The highest BCUT2D eigenvalue weighted by molar-refractivity contribution is 7.81. The first-order valence-electron chi connectivity index (χ1n) is 11.8. The number of benzene rings is 2. The van der Waals surface area contributed by atoms with Crippen LogP contribution in [0, 0.1) is 0 Å². The lowest BCUT2D eigenvalue weighted by Crippen LogP contribution is -2.61. The van der Waals surface area contributed by atoms with Gasteiger partial charge < -0.3 is 20.2 Å². The number of hydrogen-bond donors (Lipinski definition) is 4. The lowest BCUT2D eigenvalue weighted by molar-refractivity contribution is -0.143. The molecule has 0 unspecified atom stereocenters. The molecule has 2 amide bonds. The van der Waals surface area contributed by atoms with Gasteiger partial charge in [-0.25, -0.2) is 4.79 Å². The van der Waals surface area contributed by atoms with Gasteiger partial charge >= 0.3 is 5.97 Å². The van der Waals surface area contributed by atoms with E-state index in [0.717, 1.165) is 41.2 Å². The van der Waals surface area contributed by atoms with Gasteiger partial charge in [0.2, 0.25) is 11.8 Å². The highest BCUT2D eigenvalue weighted by Gasteiger charge is 2.44. The molecule has 1 aliphatic rings. The Hall–Kier alpha value is -3.00. The van der Waals surface area contributed by atoms with Crippen molar-refractivity contribution in [2.45, 2.75) is 68.7 Å². The number of carbonyl (C=O) groups excluding carboxylic acids is 2. The van der Waals surface area contributed by atoms with E-state index in [1.54, 1.807) is 0 Å². The Kier molecular flexibility index (Phi) is 7.16. The molecule has 1 saturated carbocycles. The number of aliphatic carboxylic acids is 1. The van der Waals surface area contributed by atoms with Crippen LogP contribution in [0.1, 0.15) is 51.0 Å². The fourth-order valence-corrected chi connectivity index (χ4v) is 5.06. The van der Waals surface area contributed by atoms with Crippen molar-refractivity contribution in [1.82, 2.24) is 10.6 Å². The molecule has 3 N–H and O–H groups in total. The summed E-state index contributed by atoms with van der Waals surface area (Å²) >= 11 is 4.35. The second kappa shape index (κ2) is 10.1. The highest BCUT2D eigenvalue weighted by atomic mass is 32.1. The molecule has 0 saturated heterocycles. The number of furan rings is 1. The first-order valence-corrected chi connectivity index (χ1v) is 12.3. The molecular formula is C26H30N2O5S. The molecule has 1 aromatic heterocycles. The molecule has 180 valence electrons. The van der Waals surface area contributed by atoms with E-state index in [1.165, 1.54) is 0 Å². The van der Waals surface area contributed by atoms with Gasteiger partial charge in [-0.3, -0.25) is 9.59 Å². The molecule has 0 spiro atoms. The van der Waals surface area contributed by atoms with Crippen molar-refractivity contribution >= 4 is 52.4 Å². The summed E-state index contributed by atoms with van der Waals surface area (Å²) in [6.07, 6.45) is 4.05. The first kappa shape index (κ1) is 24.1. The molecule has 2 aromatic carbocycles. The lowest BCUT2D eigenvalue weighted by Gasteiger charge is -2.31. The maximum atomic E-state index is 13.3. The normalized spacial score (nSPS) is 16.9. The second-order valence-electron chi connectivity index (χ2n) is 9.08. The predicted molar refractivity (Wildman–Crippen MR) is 134 cm³/mol. The van der Waals surface area contributed by atoms with Gasteiger partial charge in [0.15, 0.2) is 0 Å². The summed E-state index contributed by atoms with van der Waals surface area (Å²) in [5.74, 6) is -1.87. The minimum atomic E-state index is -1.13. The average Bonchev–Trinajstić information content (AvgIpc) is 3.43. The van der Waals surface area contributed by atoms with Crippen LogP contribution < -0.4 is 10.6 Å². The summed E-state index contributed by atoms with van der Waals surface area (Å²) in [5.41, 5.74) is 1.08. The molecule has 34 heavy (non-hydrogen) atoms. The van der Waals surface area contributed by atoms with Gasteiger partial charge in [0.1, 0.15) is 22.7 Å². The minimum absolute atomic E-state index is 0.100. The summed E-state index contributed by atoms with van der Waals surface area (Å²) in [7, 11) is 0. The number of nitrogens with one attached hydrogen (secondary N) is 2. The topological polar surface area (TPSA) is 109 Å². The zero-order valence-corrected chi connectivity index (χ0v) is 20.1. The van der Waals surface area contributed by atoms with E-state index < -0.39 is 28.7 Å². The van der Waals surface area contributed by atoms with Gasteiger partial charge in [0.25, 0.3) is 0 Å². The quantitative estimate of drug-likeness (QED) is 0.342. The lowest BCUT2D eigenvalue weighted by atomic mass is 9.94. The molecule has 3 aromatic rings. The summed E-state index contributed by atoms with van der Waals surface area (Å²) in [6.45, 7) is 1.97. The van der Waals surface area contributed by atoms with E-state index in [4.69, 9.17) is 4.42 Å². The van der Waals surface area contributed by atoms with Gasteiger partial charge in [0.05, 0.1) is 5.25 Å². The Morgan fingerprint density at radius 3 is 2.50 bits per heavy atom.